The molecular weight excluding hydrogens is 430 g/mol. The van der Waals surface area contributed by atoms with Crippen LogP contribution in [0.25, 0.3) is 10.2 Å². The van der Waals surface area contributed by atoms with Gasteiger partial charge in [0.25, 0.3) is 5.56 Å². The van der Waals surface area contributed by atoms with Crippen molar-refractivity contribution in [3.63, 3.8) is 0 Å². The van der Waals surface area contributed by atoms with Crippen molar-refractivity contribution in [1.29, 1.82) is 0 Å². The van der Waals surface area contributed by atoms with Crippen molar-refractivity contribution in [2.45, 2.75) is 51.2 Å². The molecule has 0 saturated heterocycles. The molecule has 0 atom stereocenters. The van der Waals surface area contributed by atoms with E-state index in [1.807, 2.05) is 13.1 Å². The van der Waals surface area contributed by atoms with Gasteiger partial charge in [0.15, 0.2) is 11.5 Å². The van der Waals surface area contributed by atoms with E-state index in [2.05, 4.69) is 0 Å². The largest absolute Gasteiger partial charge is 0.454 e. The Morgan fingerprint density at radius 3 is 2.69 bits per heavy atom. The van der Waals surface area contributed by atoms with Crippen LogP contribution in [0.2, 0.25) is 0 Å². The summed E-state index contributed by atoms with van der Waals surface area (Å²) in [5.74, 6) is 1.13. The monoisotopic (exact) mass is 455 g/mol. The third-order valence-electron chi connectivity index (χ3n) is 6.42. The maximum absolute atomic E-state index is 13.4. The van der Waals surface area contributed by atoms with Crippen LogP contribution in [0.4, 0.5) is 0 Å². The van der Waals surface area contributed by atoms with Gasteiger partial charge in [0.05, 0.1) is 12.1 Å². The van der Waals surface area contributed by atoms with E-state index in [0.717, 1.165) is 31.2 Å². The fourth-order valence-electron chi connectivity index (χ4n) is 4.57. The Bertz CT molecular complexity index is 1290. The summed E-state index contributed by atoms with van der Waals surface area (Å²) in [4.78, 5) is 41.3. The first-order valence-corrected chi connectivity index (χ1v) is 11.8. The summed E-state index contributed by atoms with van der Waals surface area (Å²) in [6, 6.07) is 7.31. The third-order valence-corrected chi connectivity index (χ3v) is 7.31. The van der Waals surface area contributed by atoms with Crippen molar-refractivity contribution >= 4 is 27.5 Å². The number of fused-ring (bicyclic) bond motifs is 2. The highest BCUT2D eigenvalue weighted by Gasteiger charge is 2.24. The van der Waals surface area contributed by atoms with E-state index < -0.39 is 5.69 Å². The Morgan fingerprint density at radius 2 is 1.88 bits per heavy atom. The zero-order chi connectivity index (χ0) is 22.2. The molecular formula is C23H25N3O5S. The number of carbonyl (C=O) groups is 1. The number of hydrogen-bond acceptors (Lipinski definition) is 6. The van der Waals surface area contributed by atoms with Crippen molar-refractivity contribution in [3.05, 3.63) is 56.0 Å². The molecule has 3 heterocycles. The zero-order valence-electron chi connectivity index (χ0n) is 17.9. The highest BCUT2D eigenvalue weighted by molar-refractivity contribution is 7.17. The van der Waals surface area contributed by atoms with Crippen LogP contribution in [-0.4, -0.2) is 39.8 Å². The van der Waals surface area contributed by atoms with Gasteiger partial charge in [-0.2, -0.15) is 0 Å². The van der Waals surface area contributed by atoms with Gasteiger partial charge in [-0.25, -0.2) is 4.79 Å². The standard InChI is InChI=1S/C23H25N3O5S/c1-24(16-5-3-2-4-6-16)20(27)13-25-17-9-10-32-21(17)22(28)26(23(25)29)12-15-7-8-18-19(11-15)31-14-30-18/h7-11,16H,2-6,12-14H2,1H3. The number of likely N-dealkylation sites (N-methyl/N-ethyl adjacent to an activating group) is 1. The molecule has 1 aromatic carbocycles. The number of ether oxygens (including phenoxy) is 2. The quantitative estimate of drug-likeness (QED) is 0.591. The van der Waals surface area contributed by atoms with Gasteiger partial charge in [-0.15, -0.1) is 11.3 Å². The first kappa shape index (κ1) is 20.8. The van der Waals surface area contributed by atoms with Gasteiger partial charge in [0.2, 0.25) is 12.7 Å². The van der Waals surface area contributed by atoms with Gasteiger partial charge >= 0.3 is 5.69 Å². The molecule has 9 heteroatoms. The molecule has 3 aromatic rings. The molecule has 32 heavy (non-hydrogen) atoms. The van der Waals surface area contributed by atoms with E-state index in [1.165, 1.54) is 26.9 Å². The first-order chi connectivity index (χ1) is 15.5. The lowest BCUT2D eigenvalue weighted by Crippen LogP contribution is -2.45. The van der Waals surface area contributed by atoms with Crippen LogP contribution in [0.1, 0.15) is 37.7 Å². The van der Waals surface area contributed by atoms with E-state index in [-0.39, 0.29) is 37.4 Å². The lowest BCUT2D eigenvalue weighted by molar-refractivity contribution is -0.133. The van der Waals surface area contributed by atoms with Crippen molar-refractivity contribution in [2.24, 2.45) is 0 Å². The van der Waals surface area contributed by atoms with Crippen molar-refractivity contribution < 1.29 is 14.3 Å². The minimum atomic E-state index is -0.482. The number of aromatic nitrogens is 2. The predicted octanol–water partition coefficient (Wildman–Crippen LogP) is 2.79. The fraction of sp³-hybridized carbons (Fsp3) is 0.435. The second-order valence-corrected chi connectivity index (χ2v) is 9.30. The molecule has 5 rings (SSSR count). The topological polar surface area (TPSA) is 82.8 Å². The normalized spacial score (nSPS) is 15.9. The molecule has 1 amide bonds. The summed E-state index contributed by atoms with van der Waals surface area (Å²) in [7, 11) is 1.82. The second kappa shape index (κ2) is 8.46. The molecule has 0 bridgehead atoms. The Balaban J connectivity index is 1.49. The fourth-order valence-corrected chi connectivity index (χ4v) is 5.41. The number of rotatable bonds is 5. The summed E-state index contributed by atoms with van der Waals surface area (Å²) in [5.41, 5.74) is 0.435. The van der Waals surface area contributed by atoms with Gasteiger partial charge in [0, 0.05) is 13.1 Å². The van der Waals surface area contributed by atoms with Crippen LogP contribution in [0.15, 0.2) is 39.2 Å². The molecule has 2 aromatic heterocycles. The van der Waals surface area contributed by atoms with Gasteiger partial charge in [-0.05, 0) is 42.0 Å². The van der Waals surface area contributed by atoms with Crippen LogP contribution < -0.4 is 20.7 Å². The number of thiophene rings is 1. The van der Waals surface area contributed by atoms with Crippen LogP contribution >= 0.6 is 11.3 Å². The van der Waals surface area contributed by atoms with Crippen LogP contribution in [0.5, 0.6) is 11.5 Å². The molecule has 0 unspecified atom stereocenters. The minimum absolute atomic E-state index is 0.0829. The summed E-state index contributed by atoms with van der Waals surface area (Å²) >= 11 is 1.28. The molecule has 0 spiro atoms. The lowest BCUT2D eigenvalue weighted by atomic mass is 9.94. The number of nitrogens with zero attached hydrogens (tertiary/aromatic N) is 3. The first-order valence-electron chi connectivity index (χ1n) is 10.9. The van der Waals surface area contributed by atoms with Crippen LogP contribution in [0.3, 0.4) is 0 Å². The van der Waals surface area contributed by atoms with E-state index >= 15 is 0 Å². The van der Waals surface area contributed by atoms with E-state index in [4.69, 9.17) is 9.47 Å². The minimum Gasteiger partial charge on any atom is -0.454 e. The molecule has 1 aliphatic carbocycles. The number of hydrogen-bond donors (Lipinski definition) is 0. The summed E-state index contributed by atoms with van der Waals surface area (Å²) in [6.07, 6.45) is 5.44. The Morgan fingerprint density at radius 1 is 1.09 bits per heavy atom. The van der Waals surface area contributed by atoms with Gasteiger partial charge in [0.1, 0.15) is 11.2 Å². The Kier molecular flexibility index (Phi) is 5.50. The van der Waals surface area contributed by atoms with E-state index in [0.29, 0.717) is 21.7 Å². The number of carbonyl (C=O) groups excluding carboxylic acids is 1. The van der Waals surface area contributed by atoms with E-state index in [9.17, 15) is 14.4 Å². The summed E-state index contributed by atoms with van der Waals surface area (Å²) < 4.78 is 13.9. The maximum Gasteiger partial charge on any atom is 0.332 e. The zero-order valence-corrected chi connectivity index (χ0v) is 18.7. The molecule has 0 radical (unpaired) electrons. The van der Waals surface area contributed by atoms with Crippen LogP contribution in [0, 0.1) is 0 Å². The third kappa shape index (κ3) is 3.70. The number of amides is 1. The summed E-state index contributed by atoms with van der Waals surface area (Å²) in [5, 5.41) is 1.78. The Hall–Kier alpha value is -3.07. The molecule has 1 fully saturated rings. The van der Waals surface area contributed by atoms with Gasteiger partial charge in [-0.1, -0.05) is 25.3 Å². The van der Waals surface area contributed by atoms with Gasteiger partial charge in [-0.3, -0.25) is 18.7 Å². The highest BCUT2D eigenvalue weighted by atomic mass is 32.1. The summed E-state index contributed by atoms with van der Waals surface area (Å²) in [6.45, 7) is 0.165. The van der Waals surface area contributed by atoms with Crippen molar-refractivity contribution in [3.8, 4) is 11.5 Å². The average molecular weight is 456 g/mol. The van der Waals surface area contributed by atoms with Crippen molar-refractivity contribution in [1.82, 2.24) is 14.0 Å². The predicted molar refractivity (Wildman–Crippen MR) is 122 cm³/mol. The number of benzene rings is 1. The molecule has 8 nitrogen and oxygen atoms in total. The second-order valence-electron chi connectivity index (χ2n) is 8.38. The molecule has 2 aliphatic rings. The van der Waals surface area contributed by atoms with Crippen molar-refractivity contribution in [2.75, 3.05) is 13.8 Å². The van der Waals surface area contributed by atoms with Gasteiger partial charge < -0.3 is 14.4 Å². The smallest absolute Gasteiger partial charge is 0.332 e. The SMILES string of the molecule is CN(C(=O)Cn1c(=O)n(Cc2ccc3c(c2)OCO3)c(=O)c2sccc21)C1CCCCC1. The lowest BCUT2D eigenvalue weighted by Gasteiger charge is -2.31. The molecule has 1 saturated carbocycles. The highest BCUT2D eigenvalue weighted by Crippen LogP contribution is 2.32. The van der Waals surface area contributed by atoms with Crippen LogP contribution in [-0.2, 0) is 17.9 Å². The molecule has 0 N–H and O–H groups in total. The maximum atomic E-state index is 13.4. The molecule has 1 aliphatic heterocycles. The van der Waals surface area contributed by atoms with E-state index in [1.54, 1.807) is 28.5 Å². The average Bonchev–Trinajstić information content (AvgIpc) is 3.49. The Labute approximate surface area is 188 Å². The molecule has 168 valence electrons.